The summed E-state index contributed by atoms with van der Waals surface area (Å²) in [5, 5.41) is 9.04. The summed E-state index contributed by atoms with van der Waals surface area (Å²) >= 11 is 0. The molecule has 0 aromatic heterocycles. The van der Waals surface area contributed by atoms with Gasteiger partial charge in [0.15, 0.2) is 0 Å². The van der Waals surface area contributed by atoms with Crippen LogP contribution in [-0.4, -0.2) is 32.8 Å². The Kier molecular flexibility index (Phi) is 4.74. The van der Waals surface area contributed by atoms with Gasteiger partial charge in [0.2, 0.25) is 10.0 Å². The Balaban J connectivity index is 2.21. The molecule has 1 aliphatic rings. The van der Waals surface area contributed by atoms with Gasteiger partial charge in [-0.3, -0.25) is 0 Å². The third kappa shape index (κ3) is 3.35. The maximum absolute atomic E-state index is 13.7. The number of sulfonamides is 1. The average molecular weight is 303 g/mol. The fraction of sp³-hybridized carbons (Fsp3) is 0.538. The number of rotatable bonds is 5. The smallest absolute Gasteiger partial charge is 0.241 e. The fourth-order valence-corrected chi connectivity index (χ4v) is 3.53. The number of hydrogen-bond donors (Lipinski definition) is 2. The molecule has 1 unspecified atom stereocenters. The van der Waals surface area contributed by atoms with Gasteiger partial charge >= 0.3 is 0 Å². The van der Waals surface area contributed by atoms with Crippen molar-refractivity contribution in [2.45, 2.75) is 37.4 Å². The first kappa shape index (κ1) is 15.4. The van der Waals surface area contributed by atoms with Gasteiger partial charge in [-0.25, -0.2) is 17.5 Å². The van der Waals surface area contributed by atoms with Gasteiger partial charge in [0, 0.05) is 18.7 Å². The van der Waals surface area contributed by atoms with Crippen molar-refractivity contribution in [3.8, 4) is 0 Å². The third-order valence-electron chi connectivity index (χ3n) is 3.35. The van der Waals surface area contributed by atoms with Crippen LogP contribution in [-0.2, 0) is 21.4 Å². The number of ether oxygens (including phenoxy) is 1. The van der Waals surface area contributed by atoms with Gasteiger partial charge in [-0.1, -0.05) is 0 Å². The van der Waals surface area contributed by atoms with E-state index < -0.39 is 22.4 Å². The molecule has 20 heavy (non-hydrogen) atoms. The van der Waals surface area contributed by atoms with Crippen molar-refractivity contribution < 1.29 is 22.7 Å². The SMILES string of the molecule is Cc1c(F)cc(CO)cc1S(=O)(=O)NCC1CCCO1. The van der Waals surface area contributed by atoms with E-state index in [1.807, 2.05) is 0 Å². The Morgan fingerprint density at radius 2 is 2.25 bits per heavy atom. The zero-order valence-electron chi connectivity index (χ0n) is 11.2. The van der Waals surface area contributed by atoms with Crippen molar-refractivity contribution in [3.63, 3.8) is 0 Å². The second kappa shape index (κ2) is 6.17. The summed E-state index contributed by atoms with van der Waals surface area (Å²) in [6.07, 6.45) is 1.60. The van der Waals surface area contributed by atoms with Gasteiger partial charge < -0.3 is 9.84 Å². The molecule has 1 aliphatic heterocycles. The van der Waals surface area contributed by atoms with Crippen LogP contribution in [0.2, 0.25) is 0 Å². The van der Waals surface area contributed by atoms with E-state index in [1.54, 1.807) is 0 Å². The molecular weight excluding hydrogens is 285 g/mol. The molecule has 2 rings (SSSR count). The molecule has 7 heteroatoms. The van der Waals surface area contributed by atoms with Gasteiger partial charge in [0.25, 0.3) is 0 Å². The lowest BCUT2D eigenvalue weighted by molar-refractivity contribution is 0.114. The fourth-order valence-electron chi connectivity index (χ4n) is 2.16. The maximum atomic E-state index is 13.7. The predicted octanol–water partition coefficient (Wildman–Crippen LogP) is 1.08. The van der Waals surface area contributed by atoms with Crippen LogP contribution in [0.25, 0.3) is 0 Å². The van der Waals surface area contributed by atoms with E-state index in [1.165, 1.54) is 13.0 Å². The van der Waals surface area contributed by atoms with E-state index in [-0.39, 0.29) is 28.7 Å². The molecule has 112 valence electrons. The Morgan fingerprint density at radius 3 is 2.85 bits per heavy atom. The zero-order valence-corrected chi connectivity index (χ0v) is 12.0. The normalized spacial score (nSPS) is 19.4. The van der Waals surface area contributed by atoms with Crippen LogP contribution in [0.15, 0.2) is 17.0 Å². The first-order valence-electron chi connectivity index (χ1n) is 6.45. The van der Waals surface area contributed by atoms with Crippen molar-refractivity contribution in [3.05, 3.63) is 29.1 Å². The van der Waals surface area contributed by atoms with Crippen LogP contribution in [0.1, 0.15) is 24.0 Å². The monoisotopic (exact) mass is 303 g/mol. The number of aliphatic hydroxyl groups excluding tert-OH is 1. The number of hydrogen-bond acceptors (Lipinski definition) is 4. The minimum Gasteiger partial charge on any atom is -0.392 e. The van der Waals surface area contributed by atoms with Crippen molar-refractivity contribution >= 4 is 10.0 Å². The van der Waals surface area contributed by atoms with E-state index in [2.05, 4.69) is 4.72 Å². The van der Waals surface area contributed by atoms with Crippen LogP contribution in [0, 0.1) is 12.7 Å². The van der Waals surface area contributed by atoms with Crippen LogP contribution in [0.5, 0.6) is 0 Å². The molecule has 0 saturated carbocycles. The summed E-state index contributed by atoms with van der Waals surface area (Å²) in [7, 11) is -3.81. The lowest BCUT2D eigenvalue weighted by Gasteiger charge is -2.14. The van der Waals surface area contributed by atoms with Gasteiger partial charge in [0.05, 0.1) is 17.6 Å². The van der Waals surface area contributed by atoms with Crippen molar-refractivity contribution in [1.29, 1.82) is 0 Å². The highest BCUT2D eigenvalue weighted by atomic mass is 32.2. The van der Waals surface area contributed by atoms with Crippen LogP contribution in [0.3, 0.4) is 0 Å². The first-order valence-corrected chi connectivity index (χ1v) is 7.93. The lowest BCUT2D eigenvalue weighted by Crippen LogP contribution is -2.32. The third-order valence-corrected chi connectivity index (χ3v) is 4.90. The van der Waals surface area contributed by atoms with E-state index >= 15 is 0 Å². The molecule has 1 fully saturated rings. The largest absolute Gasteiger partial charge is 0.392 e. The van der Waals surface area contributed by atoms with Gasteiger partial charge in [-0.2, -0.15) is 0 Å². The van der Waals surface area contributed by atoms with Gasteiger partial charge in [-0.05, 0) is 37.5 Å². The molecule has 5 nitrogen and oxygen atoms in total. The predicted molar refractivity (Wildman–Crippen MR) is 71.2 cm³/mol. The Morgan fingerprint density at radius 1 is 1.50 bits per heavy atom. The van der Waals surface area contributed by atoms with Crippen LogP contribution >= 0.6 is 0 Å². The second-order valence-corrected chi connectivity index (χ2v) is 6.58. The second-order valence-electron chi connectivity index (χ2n) is 4.85. The van der Waals surface area contributed by atoms with Crippen molar-refractivity contribution in [2.24, 2.45) is 0 Å². The standard InChI is InChI=1S/C13H18FNO4S/c1-9-12(14)5-10(8-16)6-13(9)20(17,18)15-7-11-3-2-4-19-11/h5-6,11,15-16H,2-4,7-8H2,1H3. The number of nitrogens with one attached hydrogen (secondary N) is 1. The van der Waals surface area contributed by atoms with Crippen molar-refractivity contribution in [2.75, 3.05) is 13.2 Å². The molecule has 0 aliphatic carbocycles. The first-order chi connectivity index (χ1) is 9.44. The van der Waals surface area contributed by atoms with E-state index in [0.29, 0.717) is 6.61 Å². The summed E-state index contributed by atoms with van der Waals surface area (Å²) in [5.41, 5.74) is 0.271. The summed E-state index contributed by atoms with van der Waals surface area (Å²) < 4.78 is 45.9. The Hall–Kier alpha value is -1.02. The topological polar surface area (TPSA) is 75.6 Å². The minimum absolute atomic E-state index is 0.0436. The molecular formula is C13H18FNO4S. The summed E-state index contributed by atoms with van der Waals surface area (Å²) in [6, 6.07) is 2.42. The lowest BCUT2D eigenvalue weighted by atomic mass is 10.1. The minimum atomic E-state index is -3.81. The average Bonchev–Trinajstić information content (AvgIpc) is 2.92. The Bertz CT molecular complexity index is 582. The molecule has 1 saturated heterocycles. The molecule has 1 aromatic carbocycles. The summed E-state index contributed by atoms with van der Waals surface area (Å²) in [5.74, 6) is -0.644. The van der Waals surface area contributed by atoms with Gasteiger partial charge in [0.1, 0.15) is 5.82 Å². The molecule has 1 aromatic rings. The summed E-state index contributed by atoms with van der Waals surface area (Å²) in [4.78, 5) is -0.139. The highest BCUT2D eigenvalue weighted by Crippen LogP contribution is 2.21. The number of aliphatic hydroxyl groups is 1. The molecule has 0 bridgehead atoms. The van der Waals surface area contributed by atoms with E-state index in [4.69, 9.17) is 9.84 Å². The molecule has 0 spiro atoms. The zero-order chi connectivity index (χ0) is 14.8. The molecule has 2 N–H and O–H groups in total. The highest BCUT2D eigenvalue weighted by molar-refractivity contribution is 7.89. The van der Waals surface area contributed by atoms with Crippen LogP contribution < -0.4 is 4.72 Å². The summed E-state index contributed by atoms with van der Waals surface area (Å²) in [6.45, 7) is 1.80. The van der Waals surface area contributed by atoms with Gasteiger partial charge in [-0.15, -0.1) is 0 Å². The molecule has 1 heterocycles. The molecule has 1 atom stereocenters. The molecule has 0 amide bonds. The van der Waals surface area contributed by atoms with E-state index in [9.17, 15) is 12.8 Å². The number of halogens is 1. The molecule has 0 radical (unpaired) electrons. The van der Waals surface area contributed by atoms with E-state index in [0.717, 1.165) is 18.9 Å². The quantitative estimate of drug-likeness (QED) is 0.853. The highest BCUT2D eigenvalue weighted by Gasteiger charge is 2.23. The maximum Gasteiger partial charge on any atom is 0.241 e. The Labute approximate surface area is 117 Å². The van der Waals surface area contributed by atoms with Crippen molar-refractivity contribution in [1.82, 2.24) is 4.72 Å². The van der Waals surface area contributed by atoms with Crippen LogP contribution in [0.4, 0.5) is 4.39 Å². The number of benzene rings is 1.